The molecule has 3 nitrogen and oxygen atoms in total. The standard InChI is InChI=1S/C16H26ClN3/c1-3-13(2)16(18)12-19-7-9-20(10-8-19)15-6-4-5-14(17)11-15/h4-6,11,13,16H,3,7-10,12,18H2,1-2H3. The molecule has 0 bridgehead atoms. The van der Waals surface area contributed by atoms with E-state index in [0.717, 1.165) is 44.2 Å². The zero-order valence-electron chi connectivity index (χ0n) is 12.6. The Labute approximate surface area is 127 Å². The summed E-state index contributed by atoms with van der Waals surface area (Å²) in [5, 5.41) is 0.809. The molecule has 2 atom stereocenters. The van der Waals surface area contributed by atoms with E-state index in [4.69, 9.17) is 17.3 Å². The summed E-state index contributed by atoms with van der Waals surface area (Å²) in [6, 6.07) is 8.40. The Hall–Kier alpha value is -0.770. The summed E-state index contributed by atoms with van der Waals surface area (Å²) in [5.74, 6) is 0.598. The first-order chi connectivity index (χ1) is 9.60. The Morgan fingerprint density at radius 3 is 2.55 bits per heavy atom. The second-order valence-electron chi connectivity index (χ2n) is 5.82. The highest BCUT2D eigenvalue weighted by atomic mass is 35.5. The lowest BCUT2D eigenvalue weighted by Crippen LogP contribution is -2.51. The molecule has 0 spiro atoms. The normalized spacial score (nSPS) is 19.9. The average Bonchev–Trinajstić information content (AvgIpc) is 2.47. The van der Waals surface area contributed by atoms with Gasteiger partial charge in [-0.15, -0.1) is 0 Å². The number of rotatable bonds is 5. The number of nitrogens with zero attached hydrogens (tertiary/aromatic N) is 2. The van der Waals surface area contributed by atoms with Crippen LogP contribution in [0, 0.1) is 5.92 Å². The highest BCUT2D eigenvalue weighted by Crippen LogP contribution is 2.21. The van der Waals surface area contributed by atoms with Crippen molar-refractivity contribution in [3.63, 3.8) is 0 Å². The van der Waals surface area contributed by atoms with Gasteiger partial charge in [0.05, 0.1) is 0 Å². The van der Waals surface area contributed by atoms with Gasteiger partial charge >= 0.3 is 0 Å². The average molecular weight is 296 g/mol. The van der Waals surface area contributed by atoms with E-state index < -0.39 is 0 Å². The Bertz CT molecular complexity index is 416. The largest absolute Gasteiger partial charge is 0.369 e. The van der Waals surface area contributed by atoms with Crippen LogP contribution in [0.15, 0.2) is 24.3 Å². The van der Waals surface area contributed by atoms with Crippen molar-refractivity contribution in [2.45, 2.75) is 26.3 Å². The molecule has 0 aromatic heterocycles. The summed E-state index contributed by atoms with van der Waals surface area (Å²) in [6.45, 7) is 9.72. The lowest BCUT2D eigenvalue weighted by molar-refractivity contribution is 0.220. The molecule has 112 valence electrons. The van der Waals surface area contributed by atoms with E-state index >= 15 is 0 Å². The predicted octanol–water partition coefficient (Wildman–Crippen LogP) is 2.84. The Balaban J connectivity index is 1.83. The molecule has 1 aliphatic rings. The molecule has 1 heterocycles. The van der Waals surface area contributed by atoms with Crippen LogP contribution in [0.25, 0.3) is 0 Å². The molecule has 1 aliphatic heterocycles. The third-order valence-corrected chi connectivity index (χ3v) is 4.62. The Kier molecular flexibility index (Phi) is 5.70. The van der Waals surface area contributed by atoms with Gasteiger partial charge in [0.2, 0.25) is 0 Å². The first-order valence-electron chi connectivity index (χ1n) is 7.58. The number of hydrogen-bond donors (Lipinski definition) is 1. The number of hydrogen-bond acceptors (Lipinski definition) is 3. The monoisotopic (exact) mass is 295 g/mol. The van der Waals surface area contributed by atoms with Gasteiger partial charge in [-0.25, -0.2) is 0 Å². The molecule has 4 heteroatoms. The highest BCUT2D eigenvalue weighted by Gasteiger charge is 2.20. The van der Waals surface area contributed by atoms with Gasteiger partial charge in [0, 0.05) is 49.5 Å². The molecular weight excluding hydrogens is 270 g/mol. The minimum absolute atomic E-state index is 0.290. The maximum atomic E-state index is 6.25. The summed E-state index contributed by atoms with van der Waals surface area (Å²) in [4.78, 5) is 4.88. The summed E-state index contributed by atoms with van der Waals surface area (Å²) in [6.07, 6.45) is 1.16. The fourth-order valence-electron chi connectivity index (χ4n) is 2.64. The number of nitrogens with two attached hydrogens (primary N) is 1. The number of benzene rings is 1. The number of piperazine rings is 1. The molecule has 1 aromatic rings. The van der Waals surface area contributed by atoms with Crippen LogP contribution in [0.3, 0.4) is 0 Å². The number of anilines is 1. The second-order valence-corrected chi connectivity index (χ2v) is 6.25. The van der Waals surface area contributed by atoms with E-state index in [1.807, 2.05) is 18.2 Å². The minimum Gasteiger partial charge on any atom is -0.369 e. The van der Waals surface area contributed by atoms with Crippen molar-refractivity contribution in [2.75, 3.05) is 37.6 Å². The predicted molar refractivity (Wildman–Crippen MR) is 87.5 cm³/mol. The van der Waals surface area contributed by atoms with Crippen molar-refractivity contribution in [3.8, 4) is 0 Å². The van der Waals surface area contributed by atoms with E-state index in [1.165, 1.54) is 5.69 Å². The zero-order chi connectivity index (χ0) is 14.5. The van der Waals surface area contributed by atoms with Gasteiger partial charge in [0.25, 0.3) is 0 Å². The molecule has 2 N–H and O–H groups in total. The lowest BCUT2D eigenvalue weighted by atomic mass is 9.99. The van der Waals surface area contributed by atoms with Gasteiger partial charge in [-0.05, 0) is 24.1 Å². The highest BCUT2D eigenvalue weighted by molar-refractivity contribution is 6.30. The second kappa shape index (κ2) is 7.30. The van der Waals surface area contributed by atoms with Crippen LogP contribution < -0.4 is 10.6 Å². The van der Waals surface area contributed by atoms with E-state index in [9.17, 15) is 0 Å². The van der Waals surface area contributed by atoms with Crippen LogP contribution in [-0.2, 0) is 0 Å². The first kappa shape index (κ1) is 15.6. The molecule has 1 aromatic carbocycles. The lowest BCUT2D eigenvalue weighted by Gasteiger charge is -2.38. The van der Waals surface area contributed by atoms with Crippen LogP contribution in [-0.4, -0.2) is 43.7 Å². The summed E-state index contributed by atoms with van der Waals surface area (Å²) in [5.41, 5.74) is 7.48. The van der Waals surface area contributed by atoms with E-state index in [2.05, 4.69) is 29.7 Å². The summed E-state index contributed by atoms with van der Waals surface area (Å²) in [7, 11) is 0. The first-order valence-corrected chi connectivity index (χ1v) is 7.96. The fourth-order valence-corrected chi connectivity index (χ4v) is 2.83. The van der Waals surface area contributed by atoms with Gasteiger partial charge in [0.15, 0.2) is 0 Å². The summed E-state index contributed by atoms with van der Waals surface area (Å²) < 4.78 is 0. The molecule has 0 saturated carbocycles. The molecular formula is C16H26ClN3. The maximum Gasteiger partial charge on any atom is 0.0426 e. The van der Waals surface area contributed by atoms with Gasteiger partial charge in [0.1, 0.15) is 0 Å². The quantitative estimate of drug-likeness (QED) is 0.907. The van der Waals surface area contributed by atoms with E-state index in [-0.39, 0.29) is 6.04 Å². The van der Waals surface area contributed by atoms with Crippen molar-refractivity contribution in [2.24, 2.45) is 11.7 Å². The molecule has 2 rings (SSSR count). The zero-order valence-corrected chi connectivity index (χ0v) is 13.3. The molecule has 2 unspecified atom stereocenters. The molecule has 0 radical (unpaired) electrons. The van der Waals surface area contributed by atoms with Crippen LogP contribution >= 0.6 is 11.6 Å². The van der Waals surface area contributed by atoms with Crippen LogP contribution in [0.4, 0.5) is 5.69 Å². The van der Waals surface area contributed by atoms with Crippen LogP contribution in [0.5, 0.6) is 0 Å². The minimum atomic E-state index is 0.290. The van der Waals surface area contributed by atoms with Crippen LogP contribution in [0.2, 0.25) is 5.02 Å². The third-order valence-electron chi connectivity index (χ3n) is 4.39. The Morgan fingerprint density at radius 2 is 1.95 bits per heavy atom. The van der Waals surface area contributed by atoms with E-state index in [0.29, 0.717) is 5.92 Å². The van der Waals surface area contributed by atoms with E-state index in [1.54, 1.807) is 0 Å². The van der Waals surface area contributed by atoms with Gasteiger partial charge in [-0.1, -0.05) is 37.9 Å². The molecule has 20 heavy (non-hydrogen) atoms. The van der Waals surface area contributed by atoms with Crippen LogP contribution in [0.1, 0.15) is 20.3 Å². The Morgan fingerprint density at radius 1 is 1.25 bits per heavy atom. The fraction of sp³-hybridized carbons (Fsp3) is 0.625. The number of halogens is 1. The summed E-state index contributed by atoms with van der Waals surface area (Å²) >= 11 is 6.06. The van der Waals surface area contributed by atoms with Crippen molar-refractivity contribution >= 4 is 17.3 Å². The maximum absolute atomic E-state index is 6.25. The topological polar surface area (TPSA) is 32.5 Å². The van der Waals surface area contributed by atoms with Gasteiger partial charge in [-0.2, -0.15) is 0 Å². The smallest absolute Gasteiger partial charge is 0.0426 e. The van der Waals surface area contributed by atoms with Crippen molar-refractivity contribution in [3.05, 3.63) is 29.3 Å². The van der Waals surface area contributed by atoms with Crippen molar-refractivity contribution in [1.29, 1.82) is 0 Å². The molecule has 1 fully saturated rings. The van der Waals surface area contributed by atoms with Gasteiger partial charge in [-0.3, -0.25) is 4.90 Å². The molecule has 0 aliphatic carbocycles. The van der Waals surface area contributed by atoms with Crippen molar-refractivity contribution in [1.82, 2.24) is 4.90 Å². The molecule has 0 amide bonds. The van der Waals surface area contributed by atoms with Gasteiger partial charge < -0.3 is 10.6 Å². The third kappa shape index (κ3) is 4.11. The SMILES string of the molecule is CCC(C)C(N)CN1CCN(c2cccc(Cl)c2)CC1. The molecule has 1 saturated heterocycles. The van der Waals surface area contributed by atoms with Crippen molar-refractivity contribution < 1.29 is 0 Å².